The summed E-state index contributed by atoms with van der Waals surface area (Å²) in [4.78, 5) is 24.2. The number of carboxylic acid groups (broad SMARTS) is 1. The second kappa shape index (κ2) is 9.55. The molecule has 1 amide bonds. The fourth-order valence-corrected chi connectivity index (χ4v) is 5.06. The smallest absolute Gasteiger partial charge is 0.326 e. The summed E-state index contributed by atoms with van der Waals surface area (Å²) in [5.74, 6) is -2.05. The summed E-state index contributed by atoms with van der Waals surface area (Å²) in [6.45, 7) is 0. The topological polar surface area (TPSA) is 105 Å². The highest BCUT2D eigenvalue weighted by Crippen LogP contribution is 2.25. The van der Waals surface area contributed by atoms with Crippen LogP contribution >= 0.6 is 23.2 Å². The number of rotatable bonds is 8. The molecule has 1 atom stereocenters. The van der Waals surface area contributed by atoms with E-state index in [1.165, 1.54) is 36.5 Å². The number of nitrogens with one attached hydrogen (secondary N) is 1. The number of hydrogen-bond donors (Lipinski definition) is 2. The number of aromatic nitrogens is 1. The average molecular weight is 481 g/mol. The maximum absolute atomic E-state index is 13.0. The molecule has 3 aromatic rings. The Hall–Kier alpha value is -2.81. The largest absolute Gasteiger partial charge is 0.480 e. The molecule has 0 aliphatic carbocycles. The van der Waals surface area contributed by atoms with Crippen LogP contribution in [-0.4, -0.2) is 35.4 Å². The first-order valence-electron chi connectivity index (χ1n) is 9.15. The molecule has 0 aliphatic heterocycles. The van der Waals surface area contributed by atoms with Crippen molar-refractivity contribution >= 4 is 45.1 Å². The van der Waals surface area contributed by atoms with Gasteiger partial charge in [-0.2, -0.15) is 0 Å². The Morgan fingerprint density at radius 2 is 1.65 bits per heavy atom. The van der Waals surface area contributed by atoms with Crippen molar-refractivity contribution < 1.29 is 23.1 Å². The van der Waals surface area contributed by atoms with E-state index >= 15 is 0 Å². The summed E-state index contributed by atoms with van der Waals surface area (Å²) < 4.78 is 26.8. The molecule has 0 aliphatic rings. The molecule has 0 fully saturated rings. The molecule has 2 aromatic carbocycles. The van der Waals surface area contributed by atoms with E-state index < -0.39 is 27.9 Å². The summed E-state index contributed by atoms with van der Waals surface area (Å²) in [5, 5.41) is 12.1. The number of carboxylic acids is 1. The highest BCUT2D eigenvalue weighted by molar-refractivity contribution is 7.90. The molecule has 0 unspecified atom stereocenters. The molecule has 3 rings (SSSR count). The lowest BCUT2D eigenvalue weighted by Crippen LogP contribution is -2.42. The van der Waals surface area contributed by atoms with Crippen molar-refractivity contribution in [2.24, 2.45) is 0 Å². The van der Waals surface area contributed by atoms with Crippen molar-refractivity contribution in [3.8, 4) is 0 Å². The van der Waals surface area contributed by atoms with E-state index in [1.54, 1.807) is 0 Å². The van der Waals surface area contributed by atoms with Crippen LogP contribution in [0.4, 0.5) is 0 Å². The second-order valence-corrected chi connectivity index (χ2v) is 9.38. The third-order valence-corrected chi connectivity index (χ3v) is 6.61. The molecule has 0 spiro atoms. The summed E-state index contributed by atoms with van der Waals surface area (Å²) in [6.07, 6.45) is 1.76. The fourth-order valence-electron chi connectivity index (χ4n) is 2.99. The average Bonchev–Trinajstić information content (AvgIpc) is 3.22. The molecule has 0 saturated heterocycles. The van der Waals surface area contributed by atoms with Gasteiger partial charge in [-0.15, -0.1) is 0 Å². The number of benzene rings is 2. The first kappa shape index (κ1) is 22.9. The van der Waals surface area contributed by atoms with Crippen molar-refractivity contribution in [2.75, 3.05) is 0 Å². The number of aryl methyl sites for hydroxylation is 1. The van der Waals surface area contributed by atoms with E-state index in [-0.39, 0.29) is 27.1 Å². The van der Waals surface area contributed by atoms with Crippen LogP contribution in [0.2, 0.25) is 10.0 Å². The number of carbonyl (C=O) groups is 2. The van der Waals surface area contributed by atoms with Crippen molar-refractivity contribution in [3.63, 3.8) is 0 Å². The summed E-state index contributed by atoms with van der Waals surface area (Å²) in [5.41, 5.74) is 0.689. The Kier molecular flexibility index (Phi) is 7.04. The van der Waals surface area contributed by atoms with Gasteiger partial charge in [0.25, 0.3) is 15.9 Å². The Labute approximate surface area is 189 Å². The van der Waals surface area contributed by atoms with Crippen LogP contribution in [0.25, 0.3) is 0 Å². The molecular formula is C21H18Cl2N2O5S. The van der Waals surface area contributed by atoms with Crippen molar-refractivity contribution in [2.45, 2.75) is 23.8 Å². The molecule has 31 heavy (non-hydrogen) atoms. The van der Waals surface area contributed by atoms with Gasteiger partial charge in [-0.3, -0.25) is 4.79 Å². The monoisotopic (exact) mass is 480 g/mol. The van der Waals surface area contributed by atoms with Gasteiger partial charge in [0.1, 0.15) is 11.7 Å². The Morgan fingerprint density at radius 3 is 2.26 bits per heavy atom. The minimum absolute atomic E-state index is 0.121. The highest BCUT2D eigenvalue weighted by atomic mass is 35.5. The van der Waals surface area contributed by atoms with E-state index in [2.05, 4.69) is 5.32 Å². The van der Waals surface area contributed by atoms with Crippen LogP contribution < -0.4 is 5.32 Å². The molecule has 2 N–H and O–H groups in total. The lowest BCUT2D eigenvalue weighted by molar-refractivity contribution is -0.139. The number of carbonyl (C=O) groups excluding carboxylic acids is 1. The first-order valence-corrected chi connectivity index (χ1v) is 11.3. The summed E-state index contributed by atoms with van der Waals surface area (Å²) >= 11 is 11.8. The van der Waals surface area contributed by atoms with E-state index in [0.29, 0.717) is 6.42 Å². The first-order chi connectivity index (χ1) is 14.7. The Bertz CT molecular complexity index is 1190. The van der Waals surface area contributed by atoms with Gasteiger partial charge in [-0.05, 0) is 48.7 Å². The van der Waals surface area contributed by atoms with E-state index in [0.717, 1.165) is 9.54 Å². The van der Waals surface area contributed by atoms with Crippen LogP contribution in [0.3, 0.4) is 0 Å². The second-order valence-electron chi connectivity index (χ2n) is 6.69. The molecular weight excluding hydrogens is 463 g/mol. The van der Waals surface area contributed by atoms with Gasteiger partial charge in [0, 0.05) is 16.2 Å². The van der Waals surface area contributed by atoms with Crippen LogP contribution in [0.15, 0.2) is 71.8 Å². The molecule has 7 nitrogen and oxygen atoms in total. The molecule has 1 aromatic heterocycles. The predicted octanol–water partition coefficient (Wildman–Crippen LogP) is 3.85. The predicted molar refractivity (Wildman–Crippen MR) is 117 cm³/mol. The molecule has 0 bridgehead atoms. The van der Waals surface area contributed by atoms with E-state index in [4.69, 9.17) is 23.2 Å². The van der Waals surface area contributed by atoms with E-state index in [1.807, 2.05) is 30.3 Å². The number of nitrogens with zero attached hydrogens (tertiary/aromatic N) is 1. The van der Waals surface area contributed by atoms with Crippen molar-refractivity contribution in [1.82, 2.24) is 9.29 Å². The number of amides is 1. The third kappa shape index (κ3) is 5.46. The standard InChI is InChI=1S/C21H18Cl2N2O5S/c22-15-11-16(23)13-17(12-15)31(29,30)25-10-4-7-19(25)20(26)24-18(21(27)28)9-8-14-5-2-1-3-6-14/h1-7,10-13,18H,8-9H2,(H,24,26)(H,27,28)/t18-/m1/s1. The zero-order valence-electron chi connectivity index (χ0n) is 16.0. The highest BCUT2D eigenvalue weighted by Gasteiger charge is 2.26. The summed E-state index contributed by atoms with van der Waals surface area (Å²) in [6, 6.07) is 14.5. The number of aliphatic carboxylic acids is 1. The van der Waals surface area contributed by atoms with Gasteiger partial charge in [0.2, 0.25) is 0 Å². The molecule has 1 heterocycles. The Morgan fingerprint density at radius 1 is 1.00 bits per heavy atom. The van der Waals surface area contributed by atoms with Gasteiger partial charge in [0.05, 0.1) is 4.90 Å². The zero-order valence-corrected chi connectivity index (χ0v) is 18.4. The van der Waals surface area contributed by atoms with Crippen molar-refractivity contribution in [3.05, 3.63) is 88.2 Å². The molecule has 0 saturated carbocycles. The number of hydrogen-bond acceptors (Lipinski definition) is 4. The quantitative estimate of drug-likeness (QED) is 0.509. The molecule has 0 radical (unpaired) electrons. The lowest BCUT2D eigenvalue weighted by Gasteiger charge is -2.16. The van der Waals surface area contributed by atoms with Gasteiger partial charge in [0.15, 0.2) is 0 Å². The SMILES string of the molecule is O=C(N[C@H](CCc1ccccc1)C(=O)O)c1cccn1S(=O)(=O)c1cc(Cl)cc(Cl)c1. The molecule has 162 valence electrons. The minimum atomic E-state index is -4.19. The normalized spacial score (nSPS) is 12.3. The van der Waals surface area contributed by atoms with Gasteiger partial charge in [-0.25, -0.2) is 17.2 Å². The van der Waals surface area contributed by atoms with Crippen LogP contribution in [0.5, 0.6) is 0 Å². The van der Waals surface area contributed by atoms with Crippen LogP contribution in [0, 0.1) is 0 Å². The van der Waals surface area contributed by atoms with Gasteiger partial charge >= 0.3 is 5.97 Å². The maximum Gasteiger partial charge on any atom is 0.326 e. The van der Waals surface area contributed by atoms with Crippen molar-refractivity contribution in [1.29, 1.82) is 0 Å². The van der Waals surface area contributed by atoms with E-state index in [9.17, 15) is 23.1 Å². The van der Waals surface area contributed by atoms with Crippen LogP contribution in [0.1, 0.15) is 22.5 Å². The lowest BCUT2D eigenvalue weighted by atomic mass is 10.1. The fraction of sp³-hybridized carbons (Fsp3) is 0.143. The molecule has 10 heteroatoms. The Balaban J connectivity index is 1.82. The summed E-state index contributed by atoms with van der Waals surface area (Å²) in [7, 11) is -4.19. The maximum atomic E-state index is 13.0. The zero-order chi connectivity index (χ0) is 22.6. The minimum Gasteiger partial charge on any atom is -0.480 e. The number of halogens is 2. The van der Waals surface area contributed by atoms with Crippen LogP contribution in [-0.2, 0) is 21.2 Å². The van der Waals surface area contributed by atoms with Gasteiger partial charge < -0.3 is 10.4 Å². The third-order valence-electron chi connectivity index (χ3n) is 4.51. The van der Waals surface area contributed by atoms with Gasteiger partial charge in [-0.1, -0.05) is 53.5 Å².